The molecule has 1 aliphatic heterocycles. The molecule has 7 N–H and O–H groups in total. The standard InChI is InChI=1S/C21H18O12/c22-8-3-1-7(2-4-8)10-5-9(23)13-11(31-10)6-12(14(24)15(13)25)32-21-18(28)16(26)17(27)19(33-21)20(29)30/h1-6,16-19,21-22,24-28H,(H,29,30)/t16-,17-,18+,19-,21+/m1/s1. The number of aliphatic carboxylic acids is 1. The minimum absolute atomic E-state index is 0.0156. The van der Waals surface area contributed by atoms with Crippen molar-refractivity contribution in [3.63, 3.8) is 0 Å². The van der Waals surface area contributed by atoms with Crippen LogP contribution >= 0.6 is 0 Å². The lowest BCUT2D eigenvalue weighted by molar-refractivity contribution is -0.271. The molecule has 0 aliphatic carbocycles. The monoisotopic (exact) mass is 462 g/mol. The van der Waals surface area contributed by atoms with E-state index < -0.39 is 59.4 Å². The number of aliphatic hydroxyl groups is 3. The third-order valence-corrected chi connectivity index (χ3v) is 5.14. The number of aliphatic hydroxyl groups excluding tert-OH is 3. The lowest BCUT2D eigenvalue weighted by Gasteiger charge is -2.38. The molecule has 12 heteroatoms. The molecular formula is C21H18O12. The number of hydrogen-bond donors (Lipinski definition) is 7. The van der Waals surface area contributed by atoms with Crippen LogP contribution in [0.4, 0.5) is 0 Å². The van der Waals surface area contributed by atoms with Crippen molar-refractivity contribution in [3.05, 3.63) is 46.6 Å². The highest BCUT2D eigenvalue weighted by Gasteiger charge is 2.48. The molecule has 0 bridgehead atoms. The normalized spacial score (nSPS) is 25.1. The molecule has 33 heavy (non-hydrogen) atoms. The van der Waals surface area contributed by atoms with Crippen molar-refractivity contribution in [3.8, 4) is 34.3 Å². The van der Waals surface area contributed by atoms with Gasteiger partial charge in [-0.3, -0.25) is 4.79 Å². The van der Waals surface area contributed by atoms with Crippen molar-refractivity contribution in [2.45, 2.75) is 30.7 Å². The Hall–Kier alpha value is -3.84. The lowest BCUT2D eigenvalue weighted by Crippen LogP contribution is -2.61. The van der Waals surface area contributed by atoms with Gasteiger partial charge in [0.25, 0.3) is 0 Å². The van der Waals surface area contributed by atoms with Crippen LogP contribution < -0.4 is 10.2 Å². The number of carbonyl (C=O) groups is 1. The fraction of sp³-hybridized carbons (Fsp3) is 0.238. The van der Waals surface area contributed by atoms with Crippen molar-refractivity contribution < 1.29 is 54.4 Å². The molecule has 0 amide bonds. The molecule has 1 aromatic heterocycles. The van der Waals surface area contributed by atoms with Gasteiger partial charge < -0.3 is 49.6 Å². The molecule has 0 radical (unpaired) electrons. The van der Waals surface area contributed by atoms with Crippen molar-refractivity contribution in [1.82, 2.24) is 0 Å². The summed E-state index contributed by atoms with van der Waals surface area (Å²) in [5, 5.41) is 68.6. The molecule has 2 heterocycles. The first kappa shape index (κ1) is 22.4. The third kappa shape index (κ3) is 3.91. The van der Waals surface area contributed by atoms with Crippen LogP contribution in [0.3, 0.4) is 0 Å². The van der Waals surface area contributed by atoms with Crippen LogP contribution in [0.5, 0.6) is 23.0 Å². The molecule has 5 atom stereocenters. The Morgan fingerprint density at radius 1 is 0.909 bits per heavy atom. The van der Waals surface area contributed by atoms with E-state index in [1.807, 2.05) is 0 Å². The molecule has 4 rings (SSSR count). The predicted molar refractivity (Wildman–Crippen MR) is 108 cm³/mol. The SMILES string of the molecule is O=C(O)[C@@H]1O[C@H](Oc2cc3oc(-c4ccc(O)cc4)cc(=O)c3c(O)c2O)[C@@H](O)[C@H](O)[C@H]1O. The Morgan fingerprint density at radius 3 is 2.21 bits per heavy atom. The zero-order valence-electron chi connectivity index (χ0n) is 16.5. The number of benzene rings is 2. The number of fused-ring (bicyclic) bond motifs is 1. The number of hydrogen-bond acceptors (Lipinski definition) is 11. The number of carboxylic acids is 1. The number of carboxylic acid groups (broad SMARTS) is 1. The molecule has 2 aromatic carbocycles. The summed E-state index contributed by atoms with van der Waals surface area (Å²) in [4.78, 5) is 23.8. The third-order valence-electron chi connectivity index (χ3n) is 5.14. The Labute approximate surface area is 183 Å². The second kappa shape index (κ2) is 8.26. The van der Waals surface area contributed by atoms with Crippen molar-refractivity contribution in [1.29, 1.82) is 0 Å². The molecule has 0 saturated carbocycles. The molecule has 3 aromatic rings. The van der Waals surface area contributed by atoms with Crippen LogP contribution in [-0.2, 0) is 9.53 Å². The van der Waals surface area contributed by atoms with E-state index in [2.05, 4.69) is 0 Å². The molecule has 1 saturated heterocycles. The fourth-order valence-corrected chi connectivity index (χ4v) is 3.40. The van der Waals surface area contributed by atoms with Crippen LogP contribution in [0, 0.1) is 0 Å². The van der Waals surface area contributed by atoms with E-state index in [9.17, 15) is 40.2 Å². The second-order valence-corrected chi connectivity index (χ2v) is 7.32. The highest BCUT2D eigenvalue weighted by molar-refractivity contribution is 5.89. The number of phenols is 3. The van der Waals surface area contributed by atoms with Crippen LogP contribution in [0.2, 0.25) is 0 Å². The molecule has 0 unspecified atom stereocenters. The Bertz CT molecular complexity index is 1260. The average Bonchev–Trinajstić information content (AvgIpc) is 2.77. The van der Waals surface area contributed by atoms with E-state index in [-0.39, 0.29) is 22.5 Å². The van der Waals surface area contributed by atoms with Crippen LogP contribution in [0.15, 0.2) is 45.6 Å². The van der Waals surface area contributed by atoms with Crippen LogP contribution in [-0.4, -0.2) is 72.4 Å². The number of phenolic OH excluding ortho intramolecular Hbond substituents is 3. The van der Waals surface area contributed by atoms with Crippen LogP contribution in [0.25, 0.3) is 22.3 Å². The number of ether oxygens (including phenoxy) is 2. The summed E-state index contributed by atoms with van der Waals surface area (Å²) in [7, 11) is 0. The molecule has 1 fully saturated rings. The van der Waals surface area contributed by atoms with Gasteiger partial charge in [-0.1, -0.05) is 0 Å². The van der Waals surface area contributed by atoms with E-state index in [0.717, 1.165) is 12.1 Å². The zero-order valence-corrected chi connectivity index (χ0v) is 16.5. The van der Waals surface area contributed by atoms with Gasteiger partial charge in [0.2, 0.25) is 12.0 Å². The van der Waals surface area contributed by atoms with E-state index in [4.69, 9.17) is 19.0 Å². The van der Waals surface area contributed by atoms with Crippen LogP contribution in [0.1, 0.15) is 0 Å². The van der Waals surface area contributed by atoms with Crippen molar-refractivity contribution >= 4 is 16.9 Å². The summed E-state index contributed by atoms with van der Waals surface area (Å²) in [5.41, 5.74) is -0.539. The van der Waals surface area contributed by atoms with Gasteiger partial charge in [-0.05, 0) is 24.3 Å². The minimum Gasteiger partial charge on any atom is -0.508 e. The minimum atomic E-state index is -1.96. The maximum atomic E-state index is 12.6. The Kier molecular flexibility index (Phi) is 5.59. The maximum absolute atomic E-state index is 12.6. The smallest absolute Gasteiger partial charge is 0.335 e. The molecule has 0 spiro atoms. The first-order valence-corrected chi connectivity index (χ1v) is 9.49. The molecular weight excluding hydrogens is 444 g/mol. The van der Waals surface area contributed by atoms with Gasteiger partial charge in [0, 0.05) is 17.7 Å². The van der Waals surface area contributed by atoms with E-state index >= 15 is 0 Å². The first-order valence-electron chi connectivity index (χ1n) is 9.49. The maximum Gasteiger partial charge on any atom is 0.335 e. The zero-order chi connectivity index (χ0) is 24.0. The van der Waals surface area contributed by atoms with E-state index in [1.165, 1.54) is 24.3 Å². The summed E-state index contributed by atoms with van der Waals surface area (Å²) in [6.45, 7) is 0. The molecule has 174 valence electrons. The largest absolute Gasteiger partial charge is 0.508 e. The summed E-state index contributed by atoms with van der Waals surface area (Å²) in [6, 6.07) is 7.74. The Balaban J connectivity index is 1.76. The summed E-state index contributed by atoms with van der Waals surface area (Å²) < 4.78 is 15.9. The molecule has 12 nitrogen and oxygen atoms in total. The first-order chi connectivity index (χ1) is 15.6. The topological polar surface area (TPSA) is 207 Å². The van der Waals surface area contributed by atoms with E-state index in [1.54, 1.807) is 0 Å². The highest BCUT2D eigenvalue weighted by Crippen LogP contribution is 2.42. The summed E-state index contributed by atoms with van der Waals surface area (Å²) >= 11 is 0. The van der Waals surface area contributed by atoms with Gasteiger partial charge in [-0.2, -0.15) is 0 Å². The van der Waals surface area contributed by atoms with Gasteiger partial charge in [0.1, 0.15) is 40.8 Å². The lowest BCUT2D eigenvalue weighted by atomic mass is 9.99. The highest BCUT2D eigenvalue weighted by atomic mass is 16.7. The number of aromatic hydroxyl groups is 3. The quantitative estimate of drug-likeness (QED) is 0.253. The summed E-state index contributed by atoms with van der Waals surface area (Å²) in [5.74, 6) is -4.01. The van der Waals surface area contributed by atoms with E-state index in [0.29, 0.717) is 5.56 Å². The fourth-order valence-electron chi connectivity index (χ4n) is 3.40. The summed E-state index contributed by atoms with van der Waals surface area (Å²) in [6.07, 6.45) is -9.67. The van der Waals surface area contributed by atoms with Crippen molar-refractivity contribution in [2.24, 2.45) is 0 Å². The van der Waals surface area contributed by atoms with Gasteiger partial charge in [0.05, 0.1) is 0 Å². The average molecular weight is 462 g/mol. The molecule has 1 aliphatic rings. The predicted octanol–water partition coefficient (Wildman–Crippen LogP) is -0.152. The van der Waals surface area contributed by atoms with Gasteiger partial charge in [-0.15, -0.1) is 0 Å². The van der Waals surface area contributed by atoms with Gasteiger partial charge in [0.15, 0.2) is 23.0 Å². The van der Waals surface area contributed by atoms with Crippen molar-refractivity contribution in [2.75, 3.05) is 0 Å². The van der Waals surface area contributed by atoms with Gasteiger partial charge >= 0.3 is 5.97 Å². The van der Waals surface area contributed by atoms with Gasteiger partial charge in [-0.25, -0.2) is 4.79 Å². The second-order valence-electron chi connectivity index (χ2n) is 7.32. The number of rotatable bonds is 4. The Morgan fingerprint density at radius 2 is 1.58 bits per heavy atom.